The van der Waals surface area contributed by atoms with Crippen molar-refractivity contribution in [1.29, 1.82) is 0 Å². The van der Waals surface area contributed by atoms with E-state index in [4.69, 9.17) is 5.73 Å². The van der Waals surface area contributed by atoms with Crippen LogP contribution in [0.15, 0.2) is 4.79 Å². The Balaban J connectivity index is 2.01. The molecule has 21 heavy (non-hydrogen) atoms. The van der Waals surface area contributed by atoms with Crippen molar-refractivity contribution in [2.75, 3.05) is 31.9 Å². The van der Waals surface area contributed by atoms with Crippen molar-refractivity contribution in [2.45, 2.75) is 33.2 Å². The lowest BCUT2D eigenvalue weighted by atomic mass is 10.1. The van der Waals surface area contributed by atoms with E-state index in [2.05, 4.69) is 28.7 Å². The Morgan fingerprint density at radius 1 is 1.43 bits per heavy atom. The SMILES string of the molecule is CCN(CC)CCC(=O)N1CCc2c(nc(N)[nH]c2=O)C1. The molecule has 3 N–H and O–H groups in total. The van der Waals surface area contributed by atoms with Gasteiger partial charge in [0.25, 0.3) is 5.56 Å². The van der Waals surface area contributed by atoms with E-state index in [1.54, 1.807) is 4.90 Å². The molecule has 116 valence electrons. The van der Waals surface area contributed by atoms with Crippen LogP contribution < -0.4 is 11.3 Å². The van der Waals surface area contributed by atoms with Crippen LogP contribution in [-0.2, 0) is 17.8 Å². The molecule has 2 heterocycles. The maximum Gasteiger partial charge on any atom is 0.255 e. The Morgan fingerprint density at radius 2 is 2.14 bits per heavy atom. The number of rotatable bonds is 5. The summed E-state index contributed by atoms with van der Waals surface area (Å²) in [5.74, 6) is 0.212. The van der Waals surface area contributed by atoms with E-state index in [1.807, 2.05) is 0 Å². The van der Waals surface area contributed by atoms with Crippen molar-refractivity contribution in [2.24, 2.45) is 0 Å². The van der Waals surface area contributed by atoms with Crippen LogP contribution in [0.2, 0.25) is 0 Å². The number of nitrogen functional groups attached to an aromatic ring is 1. The zero-order chi connectivity index (χ0) is 15.4. The molecule has 1 aliphatic rings. The van der Waals surface area contributed by atoms with Gasteiger partial charge in [-0.25, -0.2) is 4.98 Å². The number of hydrogen-bond acceptors (Lipinski definition) is 5. The Hall–Kier alpha value is -1.89. The van der Waals surface area contributed by atoms with Crippen molar-refractivity contribution < 1.29 is 4.79 Å². The summed E-state index contributed by atoms with van der Waals surface area (Å²) in [6, 6.07) is 0. The third-order valence-electron chi connectivity index (χ3n) is 3.98. The second kappa shape index (κ2) is 6.71. The number of nitrogens with zero attached hydrogens (tertiary/aromatic N) is 3. The lowest BCUT2D eigenvalue weighted by Crippen LogP contribution is -2.40. The van der Waals surface area contributed by atoms with Gasteiger partial charge in [0.05, 0.1) is 12.2 Å². The van der Waals surface area contributed by atoms with E-state index in [9.17, 15) is 9.59 Å². The first-order chi connectivity index (χ1) is 10.0. The molecule has 0 aliphatic carbocycles. The highest BCUT2D eigenvalue weighted by atomic mass is 16.2. The van der Waals surface area contributed by atoms with Gasteiger partial charge in [-0.3, -0.25) is 14.6 Å². The molecular weight excluding hydrogens is 270 g/mol. The summed E-state index contributed by atoms with van der Waals surface area (Å²) in [4.78, 5) is 34.7. The fraction of sp³-hybridized carbons (Fsp3) is 0.643. The average molecular weight is 293 g/mol. The molecule has 0 unspecified atom stereocenters. The van der Waals surface area contributed by atoms with Gasteiger partial charge >= 0.3 is 0 Å². The quantitative estimate of drug-likeness (QED) is 0.795. The van der Waals surface area contributed by atoms with E-state index >= 15 is 0 Å². The molecule has 0 saturated carbocycles. The molecule has 7 heteroatoms. The highest BCUT2D eigenvalue weighted by Gasteiger charge is 2.24. The largest absolute Gasteiger partial charge is 0.369 e. The van der Waals surface area contributed by atoms with Gasteiger partial charge in [-0.1, -0.05) is 13.8 Å². The standard InChI is InChI=1S/C14H23N5O2/c1-3-18(4-2)7-6-12(20)19-8-5-10-11(9-19)16-14(15)17-13(10)21/h3-9H2,1-2H3,(H3,15,16,17,21). The van der Waals surface area contributed by atoms with Crippen LogP contribution in [0.1, 0.15) is 31.5 Å². The maximum atomic E-state index is 12.3. The van der Waals surface area contributed by atoms with Crippen LogP contribution in [-0.4, -0.2) is 51.9 Å². The highest BCUT2D eigenvalue weighted by molar-refractivity contribution is 5.76. The van der Waals surface area contributed by atoms with Crippen molar-refractivity contribution in [3.63, 3.8) is 0 Å². The van der Waals surface area contributed by atoms with E-state index in [-0.39, 0.29) is 17.4 Å². The fourth-order valence-electron chi connectivity index (χ4n) is 2.62. The minimum absolute atomic E-state index is 0.105. The van der Waals surface area contributed by atoms with Crippen LogP contribution in [0.4, 0.5) is 5.95 Å². The third kappa shape index (κ3) is 3.60. The number of carbonyl (C=O) groups excluding carboxylic acids is 1. The molecule has 0 spiro atoms. The van der Waals surface area contributed by atoms with E-state index < -0.39 is 0 Å². The van der Waals surface area contributed by atoms with Crippen molar-refractivity contribution in [3.8, 4) is 0 Å². The molecular formula is C14H23N5O2. The van der Waals surface area contributed by atoms with Gasteiger partial charge in [0.1, 0.15) is 0 Å². The molecule has 1 amide bonds. The fourth-order valence-corrected chi connectivity index (χ4v) is 2.62. The number of amides is 1. The number of fused-ring (bicyclic) bond motifs is 1. The molecule has 0 aromatic carbocycles. The normalized spacial score (nSPS) is 14.3. The molecule has 0 radical (unpaired) electrons. The van der Waals surface area contributed by atoms with Crippen molar-refractivity contribution >= 4 is 11.9 Å². The van der Waals surface area contributed by atoms with Gasteiger partial charge in [-0.2, -0.15) is 0 Å². The summed E-state index contributed by atoms with van der Waals surface area (Å²) in [6.07, 6.45) is 1.03. The number of nitrogens with two attached hydrogens (primary N) is 1. The molecule has 7 nitrogen and oxygen atoms in total. The van der Waals surface area contributed by atoms with Crippen LogP contribution >= 0.6 is 0 Å². The summed E-state index contributed by atoms with van der Waals surface area (Å²) in [6.45, 7) is 7.77. The lowest BCUT2D eigenvalue weighted by molar-refractivity contribution is -0.132. The third-order valence-corrected chi connectivity index (χ3v) is 3.98. The number of hydrogen-bond donors (Lipinski definition) is 2. The van der Waals surface area contributed by atoms with Crippen LogP contribution in [0.3, 0.4) is 0 Å². The number of carbonyl (C=O) groups is 1. The van der Waals surface area contributed by atoms with Gasteiger partial charge in [0.15, 0.2) is 0 Å². The van der Waals surface area contributed by atoms with E-state index in [0.29, 0.717) is 37.2 Å². The number of aromatic nitrogens is 2. The van der Waals surface area contributed by atoms with Gasteiger partial charge < -0.3 is 15.5 Å². The topological polar surface area (TPSA) is 95.3 Å². The minimum atomic E-state index is -0.187. The highest BCUT2D eigenvalue weighted by Crippen LogP contribution is 2.15. The summed E-state index contributed by atoms with van der Waals surface area (Å²) in [7, 11) is 0. The molecule has 1 aromatic heterocycles. The molecule has 1 aliphatic heterocycles. The van der Waals surface area contributed by atoms with E-state index in [0.717, 1.165) is 19.6 Å². The minimum Gasteiger partial charge on any atom is -0.369 e. The van der Waals surface area contributed by atoms with Gasteiger partial charge in [-0.05, 0) is 19.5 Å². The monoisotopic (exact) mass is 293 g/mol. The average Bonchev–Trinajstić information content (AvgIpc) is 2.47. The second-order valence-corrected chi connectivity index (χ2v) is 5.22. The Bertz CT molecular complexity index is 565. The predicted octanol–water partition coefficient (Wildman–Crippen LogP) is -0.0313. The lowest BCUT2D eigenvalue weighted by Gasteiger charge is -2.28. The molecule has 2 rings (SSSR count). The van der Waals surface area contributed by atoms with Gasteiger partial charge in [0, 0.05) is 25.1 Å². The predicted molar refractivity (Wildman–Crippen MR) is 80.8 cm³/mol. The number of nitrogens with one attached hydrogen (secondary N) is 1. The zero-order valence-corrected chi connectivity index (χ0v) is 12.7. The van der Waals surface area contributed by atoms with Crippen LogP contribution in [0, 0.1) is 0 Å². The molecule has 0 saturated heterocycles. The number of aromatic amines is 1. The first kappa shape index (κ1) is 15.5. The molecule has 0 fully saturated rings. The summed E-state index contributed by atoms with van der Waals surface area (Å²) < 4.78 is 0. The van der Waals surface area contributed by atoms with Crippen LogP contribution in [0.25, 0.3) is 0 Å². The second-order valence-electron chi connectivity index (χ2n) is 5.22. The Labute approximate surface area is 124 Å². The van der Waals surface area contributed by atoms with Crippen molar-refractivity contribution in [1.82, 2.24) is 19.8 Å². The molecule has 1 aromatic rings. The van der Waals surface area contributed by atoms with Crippen molar-refractivity contribution in [3.05, 3.63) is 21.6 Å². The first-order valence-corrected chi connectivity index (χ1v) is 7.42. The summed E-state index contributed by atoms with van der Waals surface area (Å²) in [5, 5.41) is 0. The van der Waals surface area contributed by atoms with Gasteiger partial charge in [-0.15, -0.1) is 0 Å². The number of H-pyrrole nitrogens is 1. The summed E-state index contributed by atoms with van der Waals surface area (Å²) >= 11 is 0. The Morgan fingerprint density at radius 3 is 2.81 bits per heavy atom. The molecule has 0 atom stereocenters. The number of anilines is 1. The zero-order valence-electron chi connectivity index (χ0n) is 12.7. The van der Waals surface area contributed by atoms with Gasteiger partial charge in [0.2, 0.25) is 11.9 Å². The van der Waals surface area contributed by atoms with E-state index in [1.165, 1.54) is 0 Å². The summed E-state index contributed by atoms with van der Waals surface area (Å²) in [5.41, 5.74) is 6.65. The smallest absolute Gasteiger partial charge is 0.255 e. The Kier molecular flexibility index (Phi) is 4.95. The van der Waals surface area contributed by atoms with Crippen LogP contribution in [0.5, 0.6) is 0 Å². The maximum absolute atomic E-state index is 12.3. The first-order valence-electron chi connectivity index (χ1n) is 7.42. The molecule has 0 bridgehead atoms.